The summed E-state index contributed by atoms with van der Waals surface area (Å²) in [6, 6.07) is 0.980. The monoisotopic (exact) mass is 287 g/mol. The minimum absolute atomic E-state index is 0.282. The number of hydrogen-bond acceptors (Lipinski definition) is 4. The van der Waals surface area contributed by atoms with Crippen molar-refractivity contribution in [2.45, 2.75) is 32.0 Å². The van der Waals surface area contributed by atoms with Gasteiger partial charge in [-0.3, -0.25) is 0 Å². The molecule has 0 bridgehead atoms. The molecule has 0 spiro atoms. The molecule has 8 heteroatoms. The van der Waals surface area contributed by atoms with Gasteiger partial charge in [0.15, 0.2) is 11.5 Å². The van der Waals surface area contributed by atoms with Crippen LogP contribution >= 0.6 is 0 Å². The second kappa shape index (κ2) is 4.93. The summed E-state index contributed by atoms with van der Waals surface area (Å²) < 4.78 is 39.2. The lowest BCUT2D eigenvalue weighted by Gasteiger charge is -2.26. The van der Waals surface area contributed by atoms with Crippen molar-refractivity contribution in [3.8, 4) is 0 Å². The highest BCUT2D eigenvalue weighted by Crippen LogP contribution is 2.30. The first kappa shape index (κ1) is 14.6. The third-order valence-electron chi connectivity index (χ3n) is 2.91. The summed E-state index contributed by atoms with van der Waals surface area (Å²) in [4.78, 5) is 4.09. The van der Waals surface area contributed by atoms with Gasteiger partial charge >= 0.3 is 6.18 Å². The molecule has 0 atom stereocenters. The van der Waals surface area contributed by atoms with Crippen molar-refractivity contribution >= 4 is 11.3 Å². The third kappa shape index (κ3) is 3.01. The first-order valence-corrected chi connectivity index (χ1v) is 6.13. The fourth-order valence-electron chi connectivity index (χ4n) is 1.90. The number of anilines is 1. The van der Waals surface area contributed by atoms with Gasteiger partial charge in [-0.1, -0.05) is 0 Å². The maximum atomic E-state index is 12.7. The van der Waals surface area contributed by atoms with E-state index in [0.717, 1.165) is 10.6 Å². The fraction of sp³-hybridized carbons (Fsp3) is 0.500. The largest absolute Gasteiger partial charge is 0.435 e. The maximum Gasteiger partial charge on any atom is 0.435 e. The standard InChI is InChI=1S/C12H16F3N5/c1-11(2,3-4-16)18-10-8-7-9(12(13,14)15)19-20(8)6-5-17-10/h5-7H,3-4,16H2,1-2H3,(H,17,18). The van der Waals surface area contributed by atoms with Crippen LogP contribution in [0.15, 0.2) is 18.5 Å². The maximum absolute atomic E-state index is 12.7. The molecule has 2 heterocycles. The summed E-state index contributed by atoms with van der Waals surface area (Å²) in [6.45, 7) is 4.29. The highest BCUT2D eigenvalue weighted by molar-refractivity contribution is 5.68. The van der Waals surface area contributed by atoms with Crippen LogP contribution in [0.2, 0.25) is 0 Å². The molecule has 0 aliphatic rings. The first-order chi connectivity index (χ1) is 9.23. The summed E-state index contributed by atoms with van der Waals surface area (Å²) in [5.41, 5.74) is 4.49. The van der Waals surface area contributed by atoms with E-state index in [2.05, 4.69) is 15.4 Å². The lowest BCUT2D eigenvalue weighted by molar-refractivity contribution is -0.141. The van der Waals surface area contributed by atoms with Gasteiger partial charge in [0.05, 0.1) is 0 Å². The number of nitrogens with zero attached hydrogens (tertiary/aromatic N) is 3. The summed E-state index contributed by atoms with van der Waals surface area (Å²) in [7, 11) is 0. The second-order valence-corrected chi connectivity index (χ2v) is 5.18. The average Bonchev–Trinajstić information content (AvgIpc) is 2.72. The Morgan fingerprint density at radius 2 is 2.05 bits per heavy atom. The van der Waals surface area contributed by atoms with Gasteiger partial charge < -0.3 is 11.1 Å². The molecule has 0 aromatic carbocycles. The van der Waals surface area contributed by atoms with E-state index in [-0.39, 0.29) is 11.1 Å². The van der Waals surface area contributed by atoms with Crippen LogP contribution in [0.3, 0.4) is 0 Å². The van der Waals surface area contributed by atoms with Crippen molar-refractivity contribution in [3.63, 3.8) is 0 Å². The Kier molecular flexibility index (Phi) is 3.59. The molecule has 0 unspecified atom stereocenters. The summed E-state index contributed by atoms with van der Waals surface area (Å²) in [5, 5.41) is 6.62. The number of nitrogens with one attached hydrogen (secondary N) is 1. The molecule has 5 nitrogen and oxygen atoms in total. The molecule has 20 heavy (non-hydrogen) atoms. The molecule has 0 aliphatic carbocycles. The van der Waals surface area contributed by atoms with Crippen LogP contribution in [0.4, 0.5) is 19.0 Å². The van der Waals surface area contributed by atoms with Crippen molar-refractivity contribution in [2.75, 3.05) is 11.9 Å². The number of hydrogen-bond donors (Lipinski definition) is 2. The van der Waals surface area contributed by atoms with E-state index in [9.17, 15) is 13.2 Å². The Balaban J connectivity index is 2.42. The molecule has 0 saturated carbocycles. The Morgan fingerprint density at radius 1 is 1.35 bits per heavy atom. The molecule has 0 saturated heterocycles. The number of aromatic nitrogens is 3. The Bertz CT molecular complexity index is 603. The topological polar surface area (TPSA) is 68.2 Å². The quantitative estimate of drug-likeness (QED) is 0.905. The SMILES string of the molecule is CC(C)(CCN)Nc1nccn2nc(C(F)(F)F)cc12. The lowest BCUT2D eigenvalue weighted by Crippen LogP contribution is -2.34. The predicted octanol–water partition coefficient (Wildman–Crippen LogP) is 2.29. The molecule has 0 fully saturated rings. The zero-order chi connectivity index (χ0) is 15.0. The summed E-state index contributed by atoms with van der Waals surface area (Å²) in [5.74, 6) is 0.356. The van der Waals surface area contributed by atoms with Crippen LogP contribution in [0.1, 0.15) is 26.0 Å². The van der Waals surface area contributed by atoms with Crippen molar-refractivity contribution < 1.29 is 13.2 Å². The molecule has 110 valence electrons. The Hall–Kier alpha value is -1.83. The van der Waals surface area contributed by atoms with Crippen LogP contribution in [0, 0.1) is 0 Å². The van der Waals surface area contributed by atoms with Crippen molar-refractivity contribution in [3.05, 3.63) is 24.2 Å². The lowest BCUT2D eigenvalue weighted by atomic mass is 10.0. The number of halogens is 3. The fourth-order valence-corrected chi connectivity index (χ4v) is 1.90. The minimum atomic E-state index is -4.48. The van der Waals surface area contributed by atoms with Gasteiger partial charge in [0, 0.05) is 24.0 Å². The van der Waals surface area contributed by atoms with Gasteiger partial charge in [-0.15, -0.1) is 0 Å². The third-order valence-corrected chi connectivity index (χ3v) is 2.91. The van der Waals surface area contributed by atoms with E-state index in [0.29, 0.717) is 18.8 Å². The van der Waals surface area contributed by atoms with Crippen molar-refractivity contribution in [2.24, 2.45) is 5.73 Å². The van der Waals surface area contributed by atoms with E-state index in [4.69, 9.17) is 5.73 Å². The predicted molar refractivity (Wildman–Crippen MR) is 69.4 cm³/mol. The molecule has 0 amide bonds. The average molecular weight is 287 g/mol. The molecule has 3 N–H and O–H groups in total. The molecule has 0 radical (unpaired) electrons. The smallest absolute Gasteiger partial charge is 0.363 e. The van der Waals surface area contributed by atoms with Crippen LogP contribution in [-0.2, 0) is 6.18 Å². The molecule has 2 rings (SSSR count). The first-order valence-electron chi connectivity index (χ1n) is 6.13. The van der Waals surface area contributed by atoms with Gasteiger partial charge in [-0.05, 0) is 26.8 Å². The molecule has 2 aromatic heterocycles. The van der Waals surface area contributed by atoms with Crippen LogP contribution in [0.25, 0.3) is 5.52 Å². The number of alkyl halides is 3. The normalized spacial score (nSPS) is 12.9. The number of rotatable bonds is 4. The molecular formula is C12H16F3N5. The zero-order valence-electron chi connectivity index (χ0n) is 11.2. The molecular weight excluding hydrogens is 271 g/mol. The number of nitrogens with two attached hydrogens (primary N) is 1. The van der Waals surface area contributed by atoms with Crippen molar-refractivity contribution in [1.82, 2.24) is 14.6 Å². The zero-order valence-corrected chi connectivity index (χ0v) is 11.2. The van der Waals surface area contributed by atoms with Gasteiger partial charge in [0.1, 0.15) is 5.52 Å². The van der Waals surface area contributed by atoms with Crippen molar-refractivity contribution in [1.29, 1.82) is 0 Å². The molecule has 2 aromatic rings. The van der Waals surface area contributed by atoms with Crippen LogP contribution in [0.5, 0.6) is 0 Å². The van der Waals surface area contributed by atoms with E-state index < -0.39 is 11.9 Å². The Morgan fingerprint density at radius 3 is 2.65 bits per heavy atom. The second-order valence-electron chi connectivity index (χ2n) is 5.18. The van der Waals surface area contributed by atoms with Gasteiger partial charge in [-0.25, -0.2) is 9.50 Å². The van der Waals surface area contributed by atoms with Gasteiger partial charge in [-0.2, -0.15) is 18.3 Å². The summed E-state index contributed by atoms with van der Waals surface area (Å²) in [6.07, 6.45) is -1.03. The number of fused-ring (bicyclic) bond motifs is 1. The molecule has 0 aliphatic heterocycles. The van der Waals surface area contributed by atoms with Crippen LogP contribution in [-0.4, -0.2) is 26.7 Å². The minimum Gasteiger partial charge on any atom is -0.363 e. The van der Waals surface area contributed by atoms with Crippen LogP contribution < -0.4 is 11.1 Å². The van der Waals surface area contributed by atoms with E-state index in [1.54, 1.807) is 0 Å². The van der Waals surface area contributed by atoms with Gasteiger partial charge in [0.25, 0.3) is 0 Å². The highest BCUT2D eigenvalue weighted by atomic mass is 19.4. The highest BCUT2D eigenvalue weighted by Gasteiger charge is 2.34. The van der Waals surface area contributed by atoms with Gasteiger partial charge in [0.2, 0.25) is 0 Å². The van der Waals surface area contributed by atoms with E-state index in [1.807, 2.05) is 13.8 Å². The van der Waals surface area contributed by atoms with E-state index in [1.165, 1.54) is 12.4 Å². The Labute approximate surface area is 114 Å². The van der Waals surface area contributed by atoms with E-state index >= 15 is 0 Å². The summed E-state index contributed by atoms with van der Waals surface area (Å²) >= 11 is 0.